The van der Waals surface area contributed by atoms with Gasteiger partial charge in [-0.05, 0) is 25.0 Å². The van der Waals surface area contributed by atoms with Crippen molar-refractivity contribution in [2.75, 3.05) is 11.1 Å². The molecule has 1 heterocycles. The summed E-state index contributed by atoms with van der Waals surface area (Å²) < 4.78 is 0. The van der Waals surface area contributed by atoms with Crippen LogP contribution in [-0.2, 0) is 0 Å². The van der Waals surface area contributed by atoms with Crippen molar-refractivity contribution in [2.45, 2.75) is 32.7 Å². The van der Waals surface area contributed by atoms with Crippen LogP contribution in [0.5, 0.6) is 0 Å². The molecule has 1 aromatic rings. The minimum atomic E-state index is 0.242. The fraction of sp³-hybridized carbons (Fsp3) is 0.417. The zero-order valence-electron chi connectivity index (χ0n) is 9.25. The van der Waals surface area contributed by atoms with Gasteiger partial charge in [-0.15, -0.1) is 12.3 Å². The summed E-state index contributed by atoms with van der Waals surface area (Å²) in [5, 5.41) is 3.26. The van der Waals surface area contributed by atoms with Gasteiger partial charge in [-0.2, -0.15) is 0 Å². The van der Waals surface area contributed by atoms with Crippen LogP contribution >= 0.6 is 0 Å². The van der Waals surface area contributed by atoms with Crippen molar-refractivity contribution in [2.24, 2.45) is 0 Å². The van der Waals surface area contributed by atoms with Crippen LogP contribution in [0.25, 0.3) is 0 Å². The van der Waals surface area contributed by atoms with Crippen LogP contribution in [0.2, 0.25) is 0 Å². The fourth-order valence-electron chi connectivity index (χ4n) is 1.32. The number of rotatable bonds is 4. The van der Waals surface area contributed by atoms with E-state index in [-0.39, 0.29) is 6.04 Å². The summed E-state index contributed by atoms with van der Waals surface area (Å²) in [6, 6.07) is 2.13. The van der Waals surface area contributed by atoms with Crippen molar-refractivity contribution < 1.29 is 0 Å². The Balaban J connectivity index is 2.80. The minimum absolute atomic E-state index is 0.242. The molecule has 0 aromatic carbocycles. The van der Waals surface area contributed by atoms with Gasteiger partial charge in [0, 0.05) is 18.7 Å². The first-order chi connectivity index (χ1) is 7.19. The maximum atomic E-state index is 5.91. The zero-order valence-corrected chi connectivity index (χ0v) is 9.25. The van der Waals surface area contributed by atoms with Crippen molar-refractivity contribution >= 4 is 11.5 Å². The van der Waals surface area contributed by atoms with Crippen LogP contribution < -0.4 is 11.1 Å². The lowest BCUT2D eigenvalue weighted by Crippen LogP contribution is -2.19. The molecule has 0 saturated carbocycles. The molecule has 0 saturated heterocycles. The van der Waals surface area contributed by atoms with E-state index in [1.54, 1.807) is 6.20 Å². The van der Waals surface area contributed by atoms with E-state index in [1.165, 1.54) is 0 Å². The van der Waals surface area contributed by atoms with Gasteiger partial charge in [0.25, 0.3) is 0 Å². The van der Waals surface area contributed by atoms with Gasteiger partial charge in [0.2, 0.25) is 0 Å². The maximum absolute atomic E-state index is 5.91. The first-order valence-corrected chi connectivity index (χ1v) is 5.10. The molecule has 0 spiro atoms. The lowest BCUT2D eigenvalue weighted by Gasteiger charge is -2.16. The average molecular weight is 203 g/mol. The average Bonchev–Trinajstić information content (AvgIpc) is 2.24. The molecule has 15 heavy (non-hydrogen) atoms. The molecule has 0 bridgehead atoms. The molecule has 3 nitrogen and oxygen atoms in total. The molecule has 1 atom stereocenters. The fourth-order valence-corrected chi connectivity index (χ4v) is 1.32. The molecule has 0 fully saturated rings. The number of anilines is 2. The number of pyridine rings is 1. The number of terminal acetylenes is 1. The molecule has 80 valence electrons. The predicted octanol–water partition coefficient (Wildman–Crippen LogP) is 2.19. The first kappa shape index (κ1) is 11.4. The summed E-state index contributed by atoms with van der Waals surface area (Å²) in [5.41, 5.74) is 7.64. The third-order valence-electron chi connectivity index (χ3n) is 2.41. The Kier molecular flexibility index (Phi) is 3.99. The number of aryl methyl sites for hydroxylation is 1. The minimum Gasteiger partial charge on any atom is -0.396 e. The van der Waals surface area contributed by atoms with Crippen molar-refractivity contribution in [3.63, 3.8) is 0 Å². The molecule has 3 heteroatoms. The Morgan fingerprint density at radius 3 is 3.00 bits per heavy atom. The molecule has 0 aliphatic carbocycles. The number of hydrogen-bond donors (Lipinski definition) is 2. The topological polar surface area (TPSA) is 50.9 Å². The van der Waals surface area contributed by atoms with E-state index in [4.69, 9.17) is 12.2 Å². The highest BCUT2D eigenvalue weighted by Crippen LogP contribution is 2.20. The Labute approximate surface area is 91.1 Å². The van der Waals surface area contributed by atoms with E-state index < -0.39 is 0 Å². The van der Waals surface area contributed by atoms with E-state index in [2.05, 4.69) is 23.1 Å². The summed E-state index contributed by atoms with van der Waals surface area (Å²) in [7, 11) is 0. The van der Waals surface area contributed by atoms with Gasteiger partial charge in [0.05, 0.1) is 5.69 Å². The van der Waals surface area contributed by atoms with Gasteiger partial charge >= 0.3 is 0 Å². The smallest absolute Gasteiger partial charge is 0.149 e. The monoisotopic (exact) mass is 203 g/mol. The largest absolute Gasteiger partial charge is 0.396 e. The number of nitrogen functional groups attached to an aromatic ring is 1. The highest BCUT2D eigenvalue weighted by molar-refractivity contribution is 5.65. The lowest BCUT2D eigenvalue weighted by atomic mass is 10.1. The summed E-state index contributed by atoms with van der Waals surface area (Å²) in [4.78, 5) is 4.20. The number of hydrogen-bond acceptors (Lipinski definition) is 3. The highest BCUT2D eigenvalue weighted by atomic mass is 15.0. The van der Waals surface area contributed by atoms with Gasteiger partial charge in [-0.25, -0.2) is 4.98 Å². The molecule has 0 amide bonds. The second kappa shape index (κ2) is 5.26. The molecule has 1 rings (SSSR count). The second-order valence-corrected chi connectivity index (χ2v) is 3.55. The predicted molar refractivity (Wildman–Crippen MR) is 64.5 cm³/mol. The maximum Gasteiger partial charge on any atom is 0.149 e. The van der Waals surface area contributed by atoms with E-state index in [9.17, 15) is 0 Å². The SMILES string of the molecule is C#CCC(CC)Nc1nccc(C)c1N. The number of nitrogens with one attached hydrogen (secondary N) is 1. The Bertz CT molecular complexity index is 366. The van der Waals surface area contributed by atoms with Crippen LogP contribution in [-0.4, -0.2) is 11.0 Å². The van der Waals surface area contributed by atoms with Gasteiger partial charge < -0.3 is 11.1 Å². The molecular formula is C12H17N3. The number of nitrogens with two attached hydrogens (primary N) is 1. The zero-order chi connectivity index (χ0) is 11.3. The van der Waals surface area contributed by atoms with Crippen LogP contribution in [0.1, 0.15) is 25.3 Å². The van der Waals surface area contributed by atoms with Crippen LogP contribution in [0.3, 0.4) is 0 Å². The summed E-state index contributed by atoms with van der Waals surface area (Å²) in [6.07, 6.45) is 8.68. The van der Waals surface area contributed by atoms with Crippen molar-refractivity contribution in [3.05, 3.63) is 17.8 Å². The van der Waals surface area contributed by atoms with Gasteiger partial charge in [-0.1, -0.05) is 6.92 Å². The first-order valence-electron chi connectivity index (χ1n) is 5.10. The van der Waals surface area contributed by atoms with E-state index >= 15 is 0 Å². The molecule has 0 aliphatic heterocycles. The second-order valence-electron chi connectivity index (χ2n) is 3.55. The van der Waals surface area contributed by atoms with E-state index in [0.29, 0.717) is 12.1 Å². The Hall–Kier alpha value is -1.69. The molecular weight excluding hydrogens is 186 g/mol. The van der Waals surface area contributed by atoms with E-state index in [1.807, 2.05) is 13.0 Å². The van der Waals surface area contributed by atoms with Crippen LogP contribution in [0, 0.1) is 19.3 Å². The molecule has 0 radical (unpaired) electrons. The van der Waals surface area contributed by atoms with E-state index in [0.717, 1.165) is 17.8 Å². The van der Waals surface area contributed by atoms with Gasteiger partial charge in [0.1, 0.15) is 5.82 Å². The highest BCUT2D eigenvalue weighted by Gasteiger charge is 2.08. The van der Waals surface area contributed by atoms with Crippen molar-refractivity contribution in [1.82, 2.24) is 4.98 Å². The standard InChI is InChI=1S/C12H17N3/c1-4-6-10(5-2)15-12-11(13)9(3)7-8-14-12/h1,7-8,10H,5-6,13H2,2-3H3,(H,14,15). The van der Waals surface area contributed by atoms with Gasteiger partial charge in [-0.3, -0.25) is 0 Å². The number of aromatic nitrogens is 1. The Morgan fingerprint density at radius 2 is 2.40 bits per heavy atom. The summed E-state index contributed by atoms with van der Waals surface area (Å²) in [6.45, 7) is 4.05. The molecule has 0 aliphatic rings. The Morgan fingerprint density at radius 1 is 1.67 bits per heavy atom. The van der Waals surface area contributed by atoms with Crippen molar-refractivity contribution in [3.8, 4) is 12.3 Å². The molecule has 3 N–H and O–H groups in total. The molecule has 1 aromatic heterocycles. The number of nitrogens with zero attached hydrogens (tertiary/aromatic N) is 1. The van der Waals surface area contributed by atoms with Crippen molar-refractivity contribution in [1.29, 1.82) is 0 Å². The third-order valence-corrected chi connectivity index (χ3v) is 2.41. The van der Waals surface area contributed by atoms with Gasteiger partial charge in [0.15, 0.2) is 0 Å². The lowest BCUT2D eigenvalue weighted by molar-refractivity contribution is 0.712. The van der Waals surface area contributed by atoms with Crippen LogP contribution in [0.4, 0.5) is 11.5 Å². The summed E-state index contributed by atoms with van der Waals surface area (Å²) in [5.74, 6) is 3.38. The third kappa shape index (κ3) is 2.88. The summed E-state index contributed by atoms with van der Waals surface area (Å²) >= 11 is 0. The normalized spacial score (nSPS) is 11.8. The quantitative estimate of drug-likeness (QED) is 0.737. The molecule has 1 unspecified atom stereocenters. The van der Waals surface area contributed by atoms with Crippen LogP contribution in [0.15, 0.2) is 12.3 Å².